The lowest BCUT2D eigenvalue weighted by molar-refractivity contribution is 0.374. The van der Waals surface area contributed by atoms with E-state index >= 15 is 0 Å². The quantitative estimate of drug-likeness (QED) is 0.825. The highest BCUT2D eigenvalue weighted by molar-refractivity contribution is 5.04. The van der Waals surface area contributed by atoms with Gasteiger partial charge >= 0.3 is 0 Å². The molecule has 0 spiro atoms. The second-order valence-electron chi connectivity index (χ2n) is 4.77. The number of fused-ring (bicyclic) bond motifs is 1. The van der Waals surface area contributed by atoms with Crippen LogP contribution in [0, 0.1) is 5.92 Å². The molecule has 0 radical (unpaired) electrons. The molecular weight excluding hydrogens is 230 g/mol. The highest BCUT2D eigenvalue weighted by Gasteiger charge is 2.25. The van der Waals surface area contributed by atoms with Crippen molar-refractivity contribution in [1.29, 1.82) is 0 Å². The first-order valence-electron chi connectivity index (χ1n) is 6.25. The third kappa shape index (κ3) is 1.80. The zero-order valence-electron chi connectivity index (χ0n) is 10.4. The maximum Gasteiger partial charge on any atom is 0.157 e. The predicted octanol–water partition coefficient (Wildman–Crippen LogP) is -0.000000000000000167. The summed E-state index contributed by atoms with van der Waals surface area (Å²) >= 11 is 0. The molecule has 0 bridgehead atoms. The molecule has 1 aliphatic rings. The highest BCUT2D eigenvalue weighted by Crippen LogP contribution is 2.23. The summed E-state index contributed by atoms with van der Waals surface area (Å²) < 4.78 is 3.99. The van der Waals surface area contributed by atoms with Gasteiger partial charge in [0.15, 0.2) is 5.82 Å². The first-order chi connectivity index (χ1) is 8.79. The summed E-state index contributed by atoms with van der Waals surface area (Å²) in [6, 6.07) is 0.0585. The summed E-state index contributed by atoms with van der Waals surface area (Å²) in [7, 11) is 0. The number of rotatable bonds is 3. The Morgan fingerprint density at radius 2 is 2.39 bits per heavy atom. The van der Waals surface area contributed by atoms with Crippen LogP contribution in [0.15, 0.2) is 12.7 Å². The largest absolute Gasteiger partial charge is 0.330 e. The number of hydrogen-bond donors (Lipinski definition) is 1. The summed E-state index contributed by atoms with van der Waals surface area (Å²) in [5.41, 5.74) is 5.72. The molecule has 0 saturated carbocycles. The molecule has 0 fully saturated rings. The van der Waals surface area contributed by atoms with Crippen LogP contribution < -0.4 is 5.73 Å². The van der Waals surface area contributed by atoms with Gasteiger partial charge in [0.2, 0.25) is 0 Å². The van der Waals surface area contributed by atoms with Crippen molar-refractivity contribution in [2.75, 3.05) is 6.54 Å². The van der Waals surface area contributed by atoms with Gasteiger partial charge < -0.3 is 10.3 Å². The fourth-order valence-corrected chi connectivity index (χ4v) is 2.46. The molecule has 2 aromatic rings. The van der Waals surface area contributed by atoms with E-state index in [9.17, 15) is 0 Å². The zero-order chi connectivity index (χ0) is 12.5. The van der Waals surface area contributed by atoms with Crippen molar-refractivity contribution in [3.05, 3.63) is 24.3 Å². The summed E-state index contributed by atoms with van der Waals surface area (Å²) in [5, 5.41) is 12.7. The maximum absolute atomic E-state index is 5.72. The molecule has 1 aliphatic heterocycles. The van der Waals surface area contributed by atoms with E-state index in [2.05, 4.69) is 31.8 Å². The molecule has 0 aromatic carbocycles. The Morgan fingerprint density at radius 3 is 3.11 bits per heavy atom. The van der Waals surface area contributed by atoms with E-state index < -0.39 is 0 Å². The van der Waals surface area contributed by atoms with Gasteiger partial charge in [-0.2, -0.15) is 5.10 Å². The topological polar surface area (TPSA) is 87.4 Å². The van der Waals surface area contributed by atoms with Gasteiger partial charge in [0.25, 0.3) is 0 Å². The third-order valence-corrected chi connectivity index (χ3v) is 3.63. The number of nitrogens with two attached hydrogens (primary N) is 1. The SMILES string of the molecule is CC(c1nnc2n1CCC(CN)C2)n1cncn1. The summed E-state index contributed by atoms with van der Waals surface area (Å²) in [5.74, 6) is 2.53. The molecule has 2 atom stereocenters. The monoisotopic (exact) mass is 247 g/mol. The van der Waals surface area contributed by atoms with Crippen LogP contribution in [-0.4, -0.2) is 36.1 Å². The molecule has 2 aromatic heterocycles. The minimum Gasteiger partial charge on any atom is -0.330 e. The van der Waals surface area contributed by atoms with Gasteiger partial charge in [-0.05, 0) is 25.8 Å². The number of aromatic nitrogens is 6. The lowest BCUT2D eigenvalue weighted by Crippen LogP contribution is -2.27. The normalized spacial score (nSPS) is 20.7. The Morgan fingerprint density at radius 1 is 1.50 bits per heavy atom. The Hall–Kier alpha value is -1.76. The molecule has 7 heteroatoms. The molecule has 3 heterocycles. The van der Waals surface area contributed by atoms with E-state index in [0.717, 1.165) is 37.6 Å². The molecule has 2 N–H and O–H groups in total. The maximum atomic E-state index is 5.72. The lowest BCUT2D eigenvalue weighted by Gasteiger charge is -2.23. The zero-order valence-corrected chi connectivity index (χ0v) is 10.4. The van der Waals surface area contributed by atoms with Crippen LogP contribution in [0.3, 0.4) is 0 Å². The minimum atomic E-state index is 0.0585. The first kappa shape index (κ1) is 11.3. The van der Waals surface area contributed by atoms with Crippen LogP contribution in [0.2, 0.25) is 0 Å². The Labute approximate surface area is 105 Å². The van der Waals surface area contributed by atoms with Crippen molar-refractivity contribution in [1.82, 2.24) is 29.5 Å². The van der Waals surface area contributed by atoms with Crippen molar-refractivity contribution in [2.45, 2.75) is 32.4 Å². The van der Waals surface area contributed by atoms with E-state index in [0.29, 0.717) is 5.92 Å². The average Bonchev–Trinajstić information content (AvgIpc) is 3.06. The van der Waals surface area contributed by atoms with Crippen molar-refractivity contribution < 1.29 is 0 Å². The molecule has 2 unspecified atom stereocenters. The van der Waals surface area contributed by atoms with E-state index in [1.54, 1.807) is 11.0 Å². The Kier molecular flexibility index (Phi) is 2.83. The second kappa shape index (κ2) is 4.49. The number of nitrogens with zero attached hydrogens (tertiary/aromatic N) is 6. The minimum absolute atomic E-state index is 0.0585. The van der Waals surface area contributed by atoms with Crippen molar-refractivity contribution >= 4 is 0 Å². The molecule has 18 heavy (non-hydrogen) atoms. The standard InChI is InChI=1S/C11H17N7/c1-8(18-7-13-6-14-18)11-16-15-10-4-9(5-12)2-3-17(10)11/h6-9H,2-5,12H2,1H3. The molecule has 0 saturated heterocycles. The predicted molar refractivity (Wildman–Crippen MR) is 64.7 cm³/mol. The van der Waals surface area contributed by atoms with Crippen LogP contribution in [0.25, 0.3) is 0 Å². The van der Waals surface area contributed by atoms with Gasteiger partial charge in [-0.25, -0.2) is 9.67 Å². The number of hydrogen-bond acceptors (Lipinski definition) is 5. The fourth-order valence-electron chi connectivity index (χ4n) is 2.46. The van der Waals surface area contributed by atoms with Gasteiger partial charge in [-0.15, -0.1) is 10.2 Å². The van der Waals surface area contributed by atoms with Crippen LogP contribution in [0.5, 0.6) is 0 Å². The third-order valence-electron chi connectivity index (χ3n) is 3.63. The lowest BCUT2D eigenvalue weighted by atomic mass is 9.98. The van der Waals surface area contributed by atoms with Crippen LogP contribution in [0.4, 0.5) is 0 Å². The van der Waals surface area contributed by atoms with Crippen molar-refractivity contribution in [2.24, 2.45) is 11.7 Å². The van der Waals surface area contributed by atoms with Gasteiger partial charge in [-0.3, -0.25) is 0 Å². The average molecular weight is 247 g/mol. The van der Waals surface area contributed by atoms with E-state index in [-0.39, 0.29) is 6.04 Å². The van der Waals surface area contributed by atoms with Crippen LogP contribution in [0.1, 0.15) is 31.0 Å². The molecule has 0 amide bonds. The van der Waals surface area contributed by atoms with Crippen LogP contribution in [-0.2, 0) is 13.0 Å². The van der Waals surface area contributed by atoms with E-state index in [1.165, 1.54) is 6.33 Å². The summed E-state index contributed by atoms with van der Waals surface area (Å²) in [6.07, 6.45) is 5.26. The molecule has 96 valence electrons. The van der Waals surface area contributed by atoms with Crippen LogP contribution >= 0.6 is 0 Å². The van der Waals surface area contributed by atoms with E-state index in [4.69, 9.17) is 5.73 Å². The Bertz CT molecular complexity index is 515. The summed E-state index contributed by atoms with van der Waals surface area (Å²) in [6.45, 7) is 3.72. The molecule has 3 rings (SSSR count). The van der Waals surface area contributed by atoms with E-state index in [1.807, 2.05) is 0 Å². The van der Waals surface area contributed by atoms with Gasteiger partial charge in [0.1, 0.15) is 24.5 Å². The van der Waals surface area contributed by atoms with Gasteiger partial charge in [0, 0.05) is 13.0 Å². The Balaban J connectivity index is 1.89. The van der Waals surface area contributed by atoms with Crippen molar-refractivity contribution in [3.63, 3.8) is 0 Å². The first-order valence-corrected chi connectivity index (χ1v) is 6.25. The van der Waals surface area contributed by atoms with Crippen molar-refractivity contribution in [3.8, 4) is 0 Å². The second-order valence-corrected chi connectivity index (χ2v) is 4.77. The molecule has 7 nitrogen and oxygen atoms in total. The van der Waals surface area contributed by atoms with Gasteiger partial charge in [-0.1, -0.05) is 0 Å². The molecular formula is C11H17N7. The summed E-state index contributed by atoms with van der Waals surface area (Å²) in [4.78, 5) is 3.97. The van der Waals surface area contributed by atoms with Gasteiger partial charge in [0.05, 0.1) is 0 Å². The smallest absolute Gasteiger partial charge is 0.157 e. The highest BCUT2D eigenvalue weighted by atomic mass is 15.4. The molecule has 0 aliphatic carbocycles. The fraction of sp³-hybridized carbons (Fsp3) is 0.636.